The Hall–Kier alpha value is -1.42. The average Bonchev–Trinajstić information content (AvgIpc) is 3.00. The Balaban J connectivity index is 1.69. The molecule has 0 aromatic heterocycles. The lowest BCUT2D eigenvalue weighted by molar-refractivity contribution is 0.215. The maximum Gasteiger partial charge on any atom is 0.188 e. The van der Waals surface area contributed by atoms with Crippen LogP contribution in [0.5, 0.6) is 0 Å². The second-order valence-corrected chi connectivity index (χ2v) is 4.53. The van der Waals surface area contributed by atoms with Crippen LogP contribution < -0.4 is 5.32 Å². The highest BCUT2D eigenvalue weighted by atomic mass is 19.1. The van der Waals surface area contributed by atoms with Gasteiger partial charge in [-0.05, 0) is 30.7 Å². The third kappa shape index (κ3) is 2.17. The number of hydrogen-bond acceptors (Lipinski definition) is 3. The average molecular weight is 234 g/mol. The maximum absolute atomic E-state index is 13.1. The molecule has 90 valence electrons. The summed E-state index contributed by atoms with van der Waals surface area (Å²) in [7, 11) is 0. The Labute approximate surface area is 99.7 Å². The van der Waals surface area contributed by atoms with Gasteiger partial charge in [0.05, 0.1) is 6.54 Å². The summed E-state index contributed by atoms with van der Waals surface area (Å²) in [6.45, 7) is 2.57. The fourth-order valence-corrected chi connectivity index (χ4v) is 2.36. The summed E-state index contributed by atoms with van der Waals surface area (Å²) in [6.07, 6.45) is 0.968. The minimum Gasteiger partial charge on any atom is -0.471 e. The van der Waals surface area contributed by atoms with Gasteiger partial charge in [0.15, 0.2) is 5.90 Å². The number of nitrogens with zero attached hydrogens (tertiary/aromatic N) is 1. The molecule has 3 nitrogen and oxygen atoms in total. The van der Waals surface area contributed by atoms with Gasteiger partial charge >= 0.3 is 0 Å². The number of halogens is 1. The van der Waals surface area contributed by atoms with E-state index in [0.717, 1.165) is 31.0 Å². The van der Waals surface area contributed by atoms with Gasteiger partial charge in [0.1, 0.15) is 11.9 Å². The SMILES string of the molecule is Fc1cccc(C2CN=C(C3CCNC3)O2)c1. The van der Waals surface area contributed by atoms with E-state index in [0.29, 0.717) is 12.5 Å². The van der Waals surface area contributed by atoms with Gasteiger partial charge in [-0.15, -0.1) is 0 Å². The number of rotatable bonds is 2. The van der Waals surface area contributed by atoms with Gasteiger partial charge in [0.25, 0.3) is 0 Å². The third-order valence-electron chi connectivity index (χ3n) is 3.31. The Morgan fingerprint density at radius 1 is 1.41 bits per heavy atom. The van der Waals surface area contributed by atoms with Gasteiger partial charge < -0.3 is 10.1 Å². The second-order valence-electron chi connectivity index (χ2n) is 4.53. The van der Waals surface area contributed by atoms with E-state index in [9.17, 15) is 4.39 Å². The van der Waals surface area contributed by atoms with E-state index in [-0.39, 0.29) is 11.9 Å². The summed E-state index contributed by atoms with van der Waals surface area (Å²) in [6, 6.07) is 6.57. The van der Waals surface area contributed by atoms with Gasteiger partial charge in [-0.2, -0.15) is 0 Å². The molecule has 1 aromatic carbocycles. The molecule has 2 aliphatic heterocycles. The van der Waals surface area contributed by atoms with E-state index in [1.165, 1.54) is 12.1 Å². The van der Waals surface area contributed by atoms with Crippen molar-refractivity contribution in [1.29, 1.82) is 0 Å². The smallest absolute Gasteiger partial charge is 0.188 e. The number of hydrogen-bond donors (Lipinski definition) is 1. The first-order chi connectivity index (χ1) is 8.33. The molecule has 4 heteroatoms. The van der Waals surface area contributed by atoms with Crippen molar-refractivity contribution in [2.75, 3.05) is 19.6 Å². The molecule has 0 spiro atoms. The highest BCUT2D eigenvalue weighted by molar-refractivity contribution is 5.81. The van der Waals surface area contributed by atoms with Crippen LogP contribution in [-0.2, 0) is 4.74 Å². The van der Waals surface area contributed by atoms with Gasteiger partial charge in [-0.3, -0.25) is 4.99 Å². The first kappa shape index (κ1) is 10.7. The fourth-order valence-electron chi connectivity index (χ4n) is 2.36. The molecule has 1 N–H and O–H groups in total. The number of nitrogens with one attached hydrogen (secondary N) is 1. The zero-order valence-corrected chi connectivity index (χ0v) is 9.53. The zero-order chi connectivity index (χ0) is 11.7. The normalized spacial score (nSPS) is 27.9. The van der Waals surface area contributed by atoms with Crippen molar-refractivity contribution >= 4 is 5.90 Å². The molecule has 1 aromatic rings. The van der Waals surface area contributed by atoms with E-state index in [1.807, 2.05) is 6.07 Å². The Kier molecular flexibility index (Phi) is 2.81. The fraction of sp³-hybridized carbons (Fsp3) is 0.462. The highest BCUT2D eigenvalue weighted by Crippen LogP contribution is 2.27. The van der Waals surface area contributed by atoms with Crippen LogP contribution in [0, 0.1) is 11.7 Å². The molecule has 2 unspecified atom stereocenters. The molecule has 2 atom stereocenters. The molecular formula is C13H15FN2O. The topological polar surface area (TPSA) is 33.6 Å². The Bertz CT molecular complexity index is 441. The van der Waals surface area contributed by atoms with Crippen molar-refractivity contribution in [3.63, 3.8) is 0 Å². The van der Waals surface area contributed by atoms with E-state index < -0.39 is 0 Å². The quantitative estimate of drug-likeness (QED) is 0.848. The number of ether oxygens (including phenoxy) is 1. The first-order valence-corrected chi connectivity index (χ1v) is 6.00. The van der Waals surface area contributed by atoms with Gasteiger partial charge in [-0.25, -0.2) is 4.39 Å². The van der Waals surface area contributed by atoms with Gasteiger partial charge in [-0.1, -0.05) is 12.1 Å². The van der Waals surface area contributed by atoms with Crippen molar-refractivity contribution in [2.45, 2.75) is 12.5 Å². The molecular weight excluding hydrogens is 219 g/mol. The molecule has 2 aliphatic rings. The maximum atomic E-state index is 13.1. The minimum absolute atomic E-state index is 0.110. The molecule has 0 aliphatic carbocycles. The van der Waals surface area contributed by atoms with Crippen molar-refractivity contribution in [2.24, 2.45) is 10.9 Å². The Morgan fingerprint density at radius 2 is 2.35 bits per heavy atom. The predicted molar refractivity (Wildman–Crippen MR) is 63.5 cm³/mol. The van der Waals surface area contributed by atoms with Crippen molar-refractivity contribution in [1.82, 2.24) is 5.32 Å². The highest BCUT2D eigenvalue weighted by Gasteiger charge is 2.29. The lowest BCUT2D eigenvalue weighted by atomic mass is 10.1. The molecule has 1 fully saturated rings. The summed E-state index contributed by atoms with van der Waals surface area (Å²) in [4.78, 5) is 4.44. The summed E-state index contributed by atoms with van der Waals surface area (Å²) in [5.41, 5.74) is 0.870. The minimum atomic E-state index is -0.220. The van der Waals surface area contributed by atoms with Gasteiger partial charge in [0, 0.05) is 12.5 Å². The van der Waals surface area contributed by atoms with Crippen LogP contribution in [0.2, 0.25) is 0 Å². The van der Waals surface area contributed by atoms with Crippen molar-refractivity contribution < 1.29 is 9.13 Å². The van der Waals surface area contributed by atoms with Crippen LogP contribution in [-0.4, -0.2) is 25.5 Å². The van der Waals surface area contributed by atoms with Crippen molar-refractivity contribution in [3.8, 4) is 0 Å². The standard InChI is InChI=1S/C13H15FN2O/c14-11-3-1-2-9(6-11)12-8-16-13(17-12)10-4-5-15-7-10/h1-3,6,10,12,15H,4-5,7-8H2. The zero-order valence-electron chi connectivity index (χ0n) is 9.53. The lowest BCUT2D eigenvalue weighted by Gasteiger charge is -2.14. The van der Waals surface area contributed by atoms with Crippen LogP contribution in [0.25, 0.3) is 0 Å². The third-order valence-corrected chi connectivity index (χ3v) is 3.31. The van der Waals surface area contributed by atoms with Crippen LogP contribution >= 0.6 is 0 Å². The Morgan fingerprint density at radius 3 is 3.12 bits per heavy atom. The monoisotopic (exact) mass is 234 g/mol. The molecule has 0 bridgehead atoms. The summed E-state index contributed by atoms with van der Waals surface area (Å²) in [5.74, 6) is 1.01. The second kappa shape index (κ2) is 4.45. The summed E-state index contributed by atoms with van der Waals surface area (Å²) >= 11 is 0. The van der Waals surface area contributed by atoms with Gasteiger partial charge in [0.2, 0.25) is 0 Å². The molecule has 1 saturated heterocycles. The van der Waals surface area contributed by atoms with E-state index in [1.54, 1.807) is 6.07 Å². The molecule has 0 radical (unpaired) electrons. The summed E-state index contributed by atoms with van der Waals surface area (Å²) in [5, 5.41) is 3.29. The first-order valence-electron chi connectivity index (χ1n) is 6.00. The molecule has 3 rings (SSSR count). The van der Waals surface area contributed by atoms with E-state index in [4.69, 9.17) is 4.74 Å². The predicted octanol–water partition coefficient (Wildman–Crippen LogP) is 1.90. The largest absolute Gasteiger partial charge is 0.471 e. The molecule has 0 saturated carbocycles. The van der Waals surface area contributed by atoms with E-state index >= 15 is 0 Å². The molecule has 0 amide bonds. The van der Waals surface area contributed by atoms with Crippen LogP contribution in [0.3, 0.4) is 0 Å². The van der Waals surface area contributed by atoms with Crippen LogP contribution in [0.15, 0.2) is 29.3 Å². The van der Waals surface area contributed by atoms with E-state index in [2.05, 4.69) is 10.3 Å². The van der Waals surface area contributed by atoms with Crippen LogP contribution in [0.4, 0.5) is 4.39 Å². The number of aliphatic imine (C=N–C) groups is 1. The lowest BCUT2D eigenvalue weighted by Crippen LogP contribution is -2.18. The molecule has 17 heavy (non-hydrogen) atoms. The summed E-state index contributed by atoms with van der Waals surface area (Å²) < 4.78 is 18.9. The van der Waals surface area contributed by atoms with Crippen molar-refractivity contribution in [3.05, 3.63) is 35.6 Å². The number of benzene rings is 1. The molecule has 2 heterocycles. The van der Waals surface area contributed by atoms with Crippen LogP contribution in [0.1, 0.15) is 18.1 Å².